The minimum Gasteiger partial charge on any atom is -0.383 e. The van der Waals surface area contributed by atoms with Gasteiger partial charge in [-0.1, -0.05) is 17.9 Å². The third-order valence-electron chi connectivity index (χ3n) is 5.89. The summed E-state index contributed by atoms with van der Waals surface area (Å²) in [6.45, 7) is 6.03. The molecule has 0 bridgehead atoms. The Bertz CT molecular complexity index is 1270. The maximum Gasteiger partial charge on any atom is 0.328 e. The summed E-state index contributed by atoms with van der Waals surface area (Å²) < 4.78 is 5.09. The van der Waals surface area contributed by atoms with Gasteiger partial charge in [0.25, 0.3) is 0 Å². The molecule has 3 amide bonds. The fraction of sp³-hybridized carbons (Fsp3) is 0.444. The largest absolute Gasteiger partial charge is 0.383 e. The van der Waals surface area contributed by atoms with Crippen molar-refractivity contribution < 1.29 is 24.2 Å². The molecule has 0 atom stereocenters. The van der Waals surface area contributed by atoms with Gasteiger partial charge >= 0.3 is 6.03 Å². The smallest absolute Gasteiger partial charge is 0.328 e. The number of carbonyl (C=O) groups is 3. The Morgan fingerprint density at radius 3 is 2.77 bits per heavy atom. The van der Waals surface area contributed by atoms with Crippen LogP contribution in [0.4, 0.5) is 22.1 Å². The number of nitrogens with zero attached hydrogens (tertiary/aromatic N) is 5. The predicted molar refractivity (Wildman–Crippen MR) is 148 cm³/mol. The lowest BCUT2D eigenvalue weighted by Gasteiger charge is -2.32. The van der Waals surface area contributed by atoms with Crippen LogP contribution in [0.2, 0.25) is 0 Å². The van der Waals surface area contributed by atoms with Gasteiger partial charge in [-0.2, -0.15) is 0 Å². The lowest BCUT2D eigenvalue weighted by Crippen LogP contribution is -2.48. The highest BCUT2D eigenvalue weighted by atomic mass is 16.5. The van der Waals surface area contributed by atoms with E-state index in [2.05, 4.69) is 32.4 Å². The fourth-order valence-corrected chi connectivity index (χ4v) is 3.69. The average Bonchev–Trinajstić information content (AvgIpc) is 2.89. The van der Waals surface area contributed by atoms with E-state index in [0.717, 1.165) is 6.54 Å². The number of hydrogen-bond acceptors (Lipinski definition) is 9. The molecule has 0 aromatic carbocycles. The van der Waals surface area contributed by atoms with E-state index < -0.39 is 11.6 Å². The predicted octanol–water partition coefficient (Wildman–Crippen LogP) is 1.41. The van der Waals surface area contributed by atoms with E-state index in [-0.39, 0.29) is 29.8 Å². The highest BCUT2D eigenvalue weighted by Crippen LogP contribution is 2.20. The standard InChI is InChI=1S/C27H35N7O5/c1-27(2,38)9-8-19-15-29-23(14-21(19)28-10-13-39-5)31-26(37)33(4)24-7-6-20(22(18-35)30-24)16-34-12-11-32(3)17-25(34)36/h6-7,14-15,18,38H,10-13,16-17H2,1-5H3,(H2,28,29,31,37). The molecule has 3 N–H and O–H groups in total. The summed E-state index contributed by atoms with van der Waals surface area (Å²) in [5.41, 5.74) is 0.753. The Labute approximate surface area is 228 Å². The van der Waals surface area contributed by atoms with Crippen LogP contribution >= 0.6 is 0 Å². The van der Waals surface area contributed by atoms with Crippen molar-refractivity contribution >= 4 is 35.5 Å². The van der Waals surface area contributed by atoms with Gasteiger partial charge in [0.1, 0.15) is 22.9 Å². The molecule has 0 spiro atoms. The zero-order valence-corrected chi connectivity index (χ0v) is 22.9. The van der Waals surface area contributed by atoms with Crippen molar-refractivity contribution in [1.82, 2.24) is 19.8 Å². The molecule has 2 aromatic rings. The van der Waals surface area contributed by atoms with Crippen LogP contribution < -0.4 is 15.5 Å². The Hall–Kier alpha value is -4.05. The van der Waals surface area contributed by atoms with Crippen molar-refractivity contribution in [3.63, 3.8) is 0 Å². The number of piperazine rings is 1. The number of aldehydes is 1. The molecule has 1 saturated heterocycles. The van der Waals surface area contributed by atoms with Crippen molar-refractivity contribution in [1.29, 1.82) is 0 Å². The van der Waals surface area contributed by atoms with E-state index in [4.69, 9.17) is 4.74 Å². The first-order chi connectivity index (χ1) is 18.5. The van der Waals surface area contributed by atoms with Gasteiger partial charge in [-0.15, -0.1) is 0 Å². The molecule has 0 radical (unpaired) electrons. The first-order valence-electron chi connectivity index (χ1n) is 12.4. The van der Waals surface area contributed by atoms with Crippen LogP contribution in [0.25, 0.3) is 0 Å². The number of aromatic nitrogens is 2. The number of hydrogen-bond donors (Lipinski definition) is 3. The van der Waals surface area contributed by atoms with Gasteiger partial charge in [-0.3, -0.25) is 24.7 Å². The lowest BCUT2D eigenvalue weighted by atomic mass is 10.1. The molecule has 3 rings (SSSR count). The summed E-state index contributed by atoms with van der Waals surface area (Å²) in [5, 5.41) is 15.8. The van der Waals surface area contributed by atoms with E-state index in [0.29, 0.717) is 49.3 Å². The molecule has 0 unspecified atom stereocenters. The normalized spacial score (nSPS) is 13.9. The molecule has 2 aromatic heterocycles. The zero-order valence-electron chi connectivity index (χ0n) is 22.9. The lowest BCUT2D eigenvalue weighted by molar-refractivity contribution is -0.136. The van der Waals surface area contributed by atoms with Gasteiger partial charge in [-0.25, -0.2) is 14.8 Å². The summed E-state index contributed by atoms with van der Waals surface area (Å²) in [6, 6.07) is 4.44. The summed E-state index contributed by atoms with van der Waals surface area (Å²) in [7, 11) is 5.00. The Kier molecular flexibility index (Phi) is 9.95. The first-order valence-corrected chi connectivity index (χ1v) is 12.4. The number of pyridine rings is 2. The second-order valence-electron chi connectivity index (χ2n) is 9.72. The van der Waals surface area contributed by atoms with Gasteiger partial charge in [0.15, 0.2) is 6.29 Å². The summed E-state index contributed by atoms with van der Waals surface area (Å²) in [6.07, 6.45) is 2.12. The molecule has 12 heteroatoms. The van der Waals surface area contributed by atoms with E-state index >= 15 is 0 Å². The average molecular weight is 538 g/mol. The maximum absolute atomic E-state index is 13.0. The molecule has 12 nitrogen and oxygen atoms in total. The monoisotopic (exact) mass is 537 g/mol. The van der Waals surface area contributed by atoms with Crippen LogP contribution in [-0.4, -0.2) is 103 Å². The van der Waals surface area contributed by atoms with Crippen molar-refractivity contribution in [2.75, 3.05) is 69.5 Å². The quantitative estimate of drug-likeness (QED) is 0.246. The molecular weight excluding hydrogens is 502 g/mol. The molecule has 0 saturated carbocycles. The van der Waals surface area contributed by atoms with E-state index in [1.54, 1.807) is 44.1 Å². The number of carbonyl (C=O) groups excluding carboxylic acids is 3. The molecule has 1 aliphatic rings. The minimum absolute atomic E-state index is 0.0122. The van der Waals surface area contributed by atoms with Crippen LogP contribution in [0.15, 0.2) is 24.4 Å². The molecule has 0 aliphatic carbocycles. The van der Waals surface area contributed by atoms with Crippen LogP contribution in [-0.2, 0) is 16.1 Å². The molecule has 1 fully saturated rings. The first kappa shape index (κ1) is 29.5. The molecule has 3 heterocycles. The second kappa shape index (κ2) is 13.1. The second-order valence-corrected chi connectivity index (χ2v) is 9.72. The van der Waals surface area contributed by atoms with E-state index in [1.165, 1.54) is 18.1 Å². The highest BCUT2D eigenvalue weighted by molar-refractivity contribution is 6.00. The Morgan fingerprint density at radius 1 is 1.33 bits per heavy atom. The van der Waals surface area contributed by atoms with Crippen molar-refractivity contribution in [3.8, 4) is 11.8 Å². The third kappa shape index (κ3) is 8.47. The number of rotatable bonds is 9. The highest BCUT2D eigenvalue weighted by Gasteiger charge is 2.23. The minimum atomic E-state index is -1.18. The topological polar surface area (TPSA) is 140 Å². The SMILES string of the molecule is COCCNc1cc(NC(=O)N(C)c2ccc(CN3CCN(C)CC3=O)c(C=O)n2)ncc1C#CC(C)(C)O. The number of ether oxygens (including phenoxy) is 1. The van der Waals surface area contributed by atoms with Crippen molar-refractivity contribution in [2.45, 2.75) is 26.0 Å². The number of urea groups is 1. The zero-order chi connectivity index (χ0) is 28.6. The summed E-state index contributed by atoms with van der Waals surface area (Å²) in [4.78, 5) is 50.6. The van der Waals surface area contributed by atoms with Gasteiger partial charge in [0.2, 0.25) is 5.91 Å². The molecule has 1 aliphatic heterocycles. The van der Waals surface area contributed by atoms with Crippen LogP contribution in [0.1, 0.15) is 35.5 Å². The fourth-order valence-electron chi connectivity index (χ4n) is 3.69. The summed E-state index contributed by atoms with van der Waals surface area (Å²) >= 11 is 0. The van der Waals surface area contributed by atoms with Crippen molar-refractivity contribution in [3.05, 3.63) is 41.2 Å². The van der Waals surface area contributed by atoms with Gasteiger partial charge in [-0.05, 0) is 27.0 Å². The van der Waals surface area contributed by atoms with Crippen molar-refractivity contribution in [2.24, 2.45) is 0 Å². The number of methoxy groups -OCH3 is 1. The number of nitrogens with one attached hydrogen (secondary N) is 2. The van der Waals surface area contributed by atoms with E-state index in [9.17, 15) is 19.5 Å². The summed E-state index contributed by atoms with van der Waals surface area (Å²) in [5.74, 6) is 6.17. The maximum atomic E-state index is 13.0. The van der Waals surface area contributed by atoms with Gasteiger partial charge in [0.05, 0.1) is 24.4 Å². The Morgan fingerprint density at radius 2 is 2.10 bits per heavy atom. The molecular formula is C27H35N7O5. The number of likely N-dealkylation sites (N-methyl/N-ethyl adjacent to an activating group) is 1. The number of anilines is 3. The van der Waals surface area contributed by atoms with Gasteiger partial charge < -0.3 is 20.1 Å². The molecule has 39 heavy (non-hydrogen) atoms. The number of amides is 3. The third-order valence-corrected chi connectivity index (χ3v) is 5.89. The number of aliphatic hydroxyl groups is 1. The molecule has 208 valence electrons. The van der Waals surface area contributed by atoms with Crippen LogP contribution in [0, 0.1) is 11.8 Å². The van der Waals surface area contributed by atoms with Crippen LogP contribution in [0.3, 0.4) is 0 Å². The van der Waals surface area contributed by atoms with Crippen LogP contribution in [0.5, 0.6) is 0 Å². The Balaban J connectivity index is 1.75. The van der Waals surface area contributed by atoms with Gasteiger partial charge in [0, 0.05) is 58.2 Å². The van der Waals surface area contributed by atoms with E-state index in [1.807, 2.05) is 11.9 Å².